The molecule has 28 heavy (non-hydrogen) atoms. The molecule has 0 amide bonds. The number of halogens is 1. The Hall–Kier alpha value is -2.68. The van der Waals surface area contributed by atoms with Gasteiger partial charge >= 0.3 is 0 Å². The molecule has 6 aromatic rings. The molecule has 132 valence electrons. The van der Waals surface area contributed by atoms with Crippen LogP contribution in [0.3, 0.4) is 0 Å². The molecule has 0 atom stereocenters. The van der Waals surface area contributed by atoms with E-state index in [1.165, 1.54) is 52.8 Å². The fraction of sp³-hybridized carbons (Fsp3) is 0. The summed E-state index contributed by atoms with van der Waals surface area (Å²) >= 11 is 5.44. The Morgan fingerprint density at radius 1 is 0.536 bits per heavy atom. The van der Waals surface area contributed by atoms with Crippen LogP contribution in [0.15, 0.2) is 95.5 Å². The minimum Gasteiger partial charge on any atom is -0.135 e. The molecule has 0 saturated heterocycles. The average Bonchev–Trinajstić information content (AvgIpc) is 3.11. The predicted octanol–water partition coefficient (Wildman–Crippen LogP) is 8.79. The van der Waals surface area contributed by atoms with Gasteiger partial charge in [0, 0.05) is 24.6 Å². The number of fused-ring (bicyclic) bond motifs is 6. The summed E-state index contributed by atoms with van der Waals surface area (Å²) in [4.78, 5) is 0. The largest absolute Gasteiger partial charge is 0.135 e. The summed E-state index contributed by atoms with van der Waals surface area (Å²) in [7, 11) is 0. The fourth-order valence-electron chi connectivity index (χ4n) is 4.12. The van der Waals surface area contributed by atoms with Crippen LogP contribution in [0.5, 0.6) is 0 Å². The van der Waals surface area contributed by atoms with Crippen molar-refractivity contribution in [1.82, 2.24) is 0 Å². The number of hydrogen-bond acceptors (Lipinski definition) is 1. The first-order chi connectivity index (χ1) is 13.8. The van der Waals surface area contributed by atoms with E-state index in [0.717, 1.165) is 4.47 Å². The molecule has 2 heteroatoms. The van der Waals surface area contributed by atoms with Crippen LogP contribution in [0.1, 0.15) is 0 Å². The lowest BCUT2D eigenvalue weighted by atomic mass is 9.98. The third-order valence-corrected chi connectivity index (χ3v) is 7.12. The van der Waals surface area contributed by atoms with E-state index in [0.29, 0.717) is 0 Å². The van der Waals surface area contributed by atoms with Gasteiger partial charge in [-0.1, -0.05) is 70.5 Å². The van der Waals surface area contributed by atoms with E-state index in [-0.39, 0.29) is 0 Å². The molecule has 0 radical (unpaired) electrons. The zero-order valence-corrected chi connectivity index (χ0v) is 17.3. The molecule has 1 heterocycles. The summed E-state index contributed by atoms with van der Waals surface area (Å²) in [6.45, 7) is 0. The molecule has 0 nitrogen and oxygen atoms in total. The van der Waals surface area contributed by atoms with Crippen LogP contribution in [-0.2, 0) is 0 Å². The zero-order chi connectivity index (χ0) is 18.7. The molecule has 6 rings (SSSR count). The Kier molecular flexibility index (Phi) is 3.59. The molecular formula is C26H15BrS. The molecule has 0 aliphatic carbocycles. The maximum absolute atomic E-state index is 3.56. The van der Waals surface area contributed by atoms with Gasteiger partial charge in [0.1, 0.15) is 0 Å². The molecule has 0 aliphatic heterocycles. The Bertz CT molecular complexity index is 1520. The van der Waals surface area contributed by atoms with Crippen LogP contribution >= 0.6 is 27.3 Å². The summed E-state index contributed by atoms with van der Waals surface area (Å²) in [5, 5.41) is 7.89. The predicted molar refractivity (Wildman–Crippen MR) is 127 cm³/mol. The van der Waals surface area contributed by atoms with Gasteiger partial charge in [-0.15, -0.1) is 11.3 Å². The smallest absolute Gasteiger partial charge is 0.0361 e. The second-order valence-electron chi connectivity index (χ2n) is 7.18. The van der Waals surface area contributed by atoms with Crippen molar-refractivity contribution in [3.8, 4) is 11.1 Å². The van der Waals surface area contributed by atoms with Gasteiger partial charge in [-0.05, 0) is 69.1 Å². The quantitative estimate of drug-likeness (QED) is 0.240. The SMILES string of the molecule is Brc1ccc2cc(-c3ccc4sc5ccc6ccccc6c5c4c3)ccc2c1. The first kappa shape index (κ1) is 16.3. The number of benzene rings is 5. The standard InChI is InChI=1S/C26H15BrS/c27-21-10-7-18-13-17(5-6-19(18)14-21)20-9-11-24-23(15-20)26-22-4-2-1-3-16(22)8-12-25(26)28-24/h1-15H. The highest BCUT2D eigenvalue weighted by atomic mass is 79.9. The summed E-state index contributed by atoms with van der Waals surface area (Å²) in [6, 6.07) is 33.2. The molecule has 0 bridgehead atoms. The lowest BCUT2D eigenvalue weighted by Crippen LogP contribution is -1.80. The Balaban J connectivity index is 1.63. The molecular weight excluding hydrogens is 424 g/mol. The maximum atomic E-state index is 3.56. The zero-order valence-electron chi connectivity index (χ0n) is 14.9. The topological polar surface area (TPSA) is 0 Å². The summed E-state index contributed by atoms with van der Waals surface area (Å²) in [6.07, 6.45) is 0. The minimum atomic E-state index is 1.12. The van der Waals surface area contributed by atoms with Gasteiger partial charge in [0.05, 0.1) is 0 Å². The van der Waals surface area contributed by atoms with Gasteiger partial charge in [-0.2, -0.15) is 0 Å². The molecule has 0 fully saturated rings. The van der Waals surface area contributed by atoms with Crippen molar-refractivity contribution < 1.29 is 0 Å². The highest BCUT2D eigenvalue weighted by molar-refractivity contribution is 9.10. The van der Waals surface area contributed by atoms with E-state index in [9.17, 15) is 0 Å². The third kappa shape index (κ3) is 2.49. The second-order valence-corrected chi connectivity index (χ2v) is 9.18. The number of rotatable bonds is 1. The molecule has 0 unspecified atom stereocenters. The van der Waals surface area contributed by atoms with E-state index in [1.54, 1.807) is 0 Å². The maximum Gasteiger partial charge on any atom is 0.0361 e. The lowest BCUT2D eigenvalue weighted by Gasteiger charge is -2.06. The van der Waals surface area contributed by atoms with Crippen molar-refractivity contribution in [3.05, 3.63) is 95.5 Å². The molecule has 5 aromatic carbocycles. The molecule has 0 spiro atoms. The highest BCUT2D eigenvalue weighted by Gasteiger charge is 2.10. The van der Waals surface area contributed by atoms with Crippen LogP contribution < -0.4 is 0 Å². The van der Waals surface area contributed by atoms with Crippen LogP contribution in [0, 0.1) is 0 Å². The van der Waals surface area contributed by atoms with E-state index in [1.807, 2.05) is 11.3 Å². The number of thiophene rings is 1. The molecule has 0 aliphatic rings. The summed E-state index contributed by atoms with van der Waals surface area (Å²) in [5.74, 6) is 0. The van der Waals surface area contributed by atoms with Crippen molar-refractivity contribution >= 4 is 69.0 Å². The van der Waals surface area contributed by atoms with Crippen LogP contribution in [0.2, 0.25) is 0 Å². The second kappa shape index (κ2) is 6.16. The van der Waals surface area contributed by atoms with Crippen molar-refractivity contribution in [2.75, 3.05) is 0 Å². The van der Waals surface area contributed by atoms with Crippen LogP contribution in [-0.4, -0.2) is 0 Å². The average molecular weight is 439 g/mol. The van der Waals surface area contributed by atoms with E-state index in [4.69, 9.17) is 0 Å². The lowest BCUT2D eigenvalue weighted by molar-refractivity contribution is 1.67. The third-order valence-electron chi connectivity index (χ3n) is 5.50. The minimum absolute atomic E-state index is 1.12. The first-order valence-corrected chi connectivity index (χ1v) is 10.9. The van der Waals surface area contributed by atoms with Gasteiger partial charge in [0.25, 0.3) is 0 Å². The Labute approximate surface area is 175 Å². The van der Waals surface area contributed by atoms with E-state index in [2.05, 4.69) is 107 Å². The van der Waals surface area contributed by atoms with Gasteiger partial charge in [-0.25, -0.2) is 0 Å². The Morgan fingerprint density at radius 3 is 2.21 bits per heavy atom. The number of hydrogen-bond donors (Lipinski definition) is 0. The van der Waals surface area contributed by atoms with Crippen molar-refractivity contribution in [3.63, 3.8) is 0 Å². The summed E-state index contributed by atoms with van der Waals surface area (Å²) in [5.41, 5.74) is 2.53. The van der Waals surface area contributed by atoms with Crippen LogP contribution in [0.25, 0.3) is 52.8 Å². The van der Waals surface area contributed by atoms with E-state index >= 15 is 0 Å². The molecule has 1 aromatic heterocycles. The molecule has 0 N–H and O–H groups in total. The highest BCUT2D eigenvalue weighted by Crippen LogP contribution is 2.40. The van der Waals surface area contributed by atoms with Crippen LogP contribution in [0.4, 0.5) is 0 Å². The Morgan fingerprint density at radius 2 is 1.25 bits per heavy atom. The normalized spacial score (nSPS) is 11.8. The van der Waals surface area contributed by atoms with E-state index < -0.39 is 0 Å². The van der Waals surface area contributed by atoms with Gasteiger partial charge in [0.15, 0.2) is 0 Å². The van der Waals surface area contributed by atoms with Crippen molar-refractivity contribution in [1.29, 1.82) is 0 Å². The molecule has 0 saturated carbocycles. The van der Waals surface area contributed by atoms with Crippen molar-refractivity contribution in [2.24, 2.45) is 0 Å². The first-order valence-electron chi connectivity index (χ1n) is 9.30. The van der Waals surface area contributed by atoms with Gasteiger partial charge in [0.2, 0.25) is 0 Å². The summed E-state index contributed by atoms with van der Waals surface area (Å²) < 4.78 is 3.82. The van der Waals surface area contributed by atoms with Gasteiger partial charge < -0.3 is 0 Å². The van der Waals surface area contributed by atoms with Crippen molar-refractivity contribution in [2.45, 2.75) is 0 Å². The van der Waals surface area contributed by atoms with Gasteiger partial charge in [-0.3, -0.25) is 0 Å². The fourth-order valence-corrected chi connectivity index (χ4v) is 5.60. The monoisotopic (exact) mass is 438 g/mol.